The molecule has 0 amide bonds. The summed E-state index contributed by atoms with van der Waals surface area (Å²) in [5, 5.41) is 1.20. The molecule has 0 saturated carbocycles. The Balaban J connectivity index is 1.68. The van der Waals surface area contributed by atoms with Crippen LogP contribution in [0.25, 0.3) is 0 Å². The van der Waals surface area contributed by atoms with Crippen LogP contribution in [0.4, 0.5) is 5.69 Å². The van der Waals surface area contributed by atoms with Crippen LogP contribution in [0.5, 0.6) is 5.75 Å². The molecule has 25 heavy (non-hydrogen) atoms. The molecular weight excluding hydrogens is 421 g/mol. The van der Waals surface area contributed by atoms with Crippen LogP contribution in [0.15, 0.2) is 76.2 Å². The Morgan fingerprint density at radius 3 is 2.48 bits per heavy atom. The van der Waals surface area contributed by atoms with Crippen LogP contribution < -0.4 is 4.74 Å². The Morgan fingerprint density at radius 1 is 0.960 bits per heavy atom. The fourth-order valence-electron chi connectivity index (χ4n) is 2.17. The van der Waals surface area contributed by atoms with Crippen molar-refractivity contribution in [3.8, 4) is 5.75 Å². The highest BCUT2D eigenvalue weighted by Crippen LogP contribution is 2.28. The summed E-state index contributed by atoms with van der Waals surface area (Å²) in [5.41, 5.74) is 2.77. The van der Waals surface area contributed by atoms with Gasteiger partial charge in [-0.1, -0.05) is 47.5 Å². The molecule has 0 aliphatic heterocycles. The lowest BCUT2D eigenvalue weighted by molar-refractivity contribution is 0.304. The van der Waals surface area contributed by atoms with E-state index >= 15 is 0 Å². The molecule has 0 fully saturated rings. The number of halogens is 3. The van der Waals surface area contributed by atoms with Crippen molar-refractivity contribution in [1.29, 1.82) is 0 Å². The van der Waals surface area contributed by atoms with E-state index < -0.39 is 0 Å². The molecule has 3 aromatic carbocycles. The van der Waals surface area contributed by atoms with E-state index in [4.69, 9.17) is 27.9 Å². The Morgan fingerprint density at radius 2 is 1.76 bits per heavy atom. The fourth-order valence-corrected chi connectivity index (χ4v) is 3.15. The molecule has 0 radical (unpaired) electrons. The molecule has 0 N–H and O–H groups in total. The van der Waals surface area contributed by atoms with Gasteiger partial charge in [-0.25, -0.2) is 0 Å². The molecule has 0 aliphatic rings. The number of benzene rings is 3. The maximum absolute atomic E-state index is 6.17. The minimum atomic E-state index is 0.367. The second-order valence-corrected chi connectivity index (χ2v) is 7.01. The average Bonchev–Trinajstić information content (AvgIpc) is 2.61. The van der Waals surface area contributed by atoms with Crippen molar-refractivity contribution in [1.82, 2.24) is 0 Å². The van der Waals surface area contributed by atoms with Gasteiger partial charge in [0.1, 0.15) is 12.4 Å². The van der Waals surface area contributed by atoms with Gasteiger partial charge in [-0.15, -0.1) is 0 Å². The predicted molar refractivity (Wildman–Crippen MR) is 109 cm³/mol. The van der Waals surface area contributed by atoms with Crippen molar-refractivity contribution in [2.75, 3.05) is 0 Å². The van der Waals surface area contributed by atoms with Gasteiger partial charge in [-0.3, -0.25) is 4.99 Å². The summed E-state index contributed by atoms with van der Waals surface area (Å²) in [4.78, 5) is 4.44. The molecule has 0 aromatic heterocycles. The van der Waals surface area contributed by atoms with Gasteiger partial charge in [-0.2, -0.15) is 0 Å². The number of nitrogens with zero attached hydrogens (tertiary/aromatic N) is 1. The number of rotatable bonds is 5. The van der Waals surface area contributed by atoms with Gasteiger partial charge in [0.2, 0.25) is 0 Å². The zero-order valence-corrected chi connectivity index (χ0v) is 16.2. The third kappa shape index (κ3) is 5.08. The first-order valence-corrected chi connectivity index (χ1v) is 9.12. The van der Waals surface area contributed by atoms with Crippen molar-refractivity contribution in [2.45, 2.75) is 6.61 Å². The molecule has 0 bridgehead atoms. The van der Waals surface area contributed by atoms with E-state index in [9.17, 15) is 0 Å². The van der Waals surface area contributed by atoms with E-state index in [-0.39, 0.29) is 0 Å². The van der Waals surface area contributed by atoms with Crippen molar-refractivity contribution in [3.63, 3.8) is 0 Å². The Hall–Kier alpha value is -1.81. The van der Waals surface area contributed by atoms with Crippen molar-refractivity contribution < 1.29 is 4.74 Å². The molecule has 0 aliphatic carbocycles. The third-order valence-electron chi connectivity index (χ3n) is 3.47. The van der Waals surface area contributed by atoms with Crippen LogP contribution in [-0.2, 0) is 6.61 Å². The summed E-state index contributed by atoms with van der Waals surface area (Å²) in [6.07, 6.45) is 1.82. The highest BCUT2D eigenvalue weighted by atomic mass is 79.9. The van der Waals surface area contributed by atoms with Gasteiger partial charge in [0.15, 0.2) is 0 Å². The zero-order chi connectivity index (χ0) is 17.6. The molecule has 0 unspecified atom stereocenters. The van der Waals surface area contributed by atoms with Crippen LogP contribution in [0.3, 0.4) is 0 Å². The number of hydrogen-bond donors (Lipinski definition) is 0. The third-order valence-corrected chi connectivity index (χ3v) is 4.68. The molecule has 0 heterocycles. The highest BCUT2D eigenvalue weighted by Gasteiger charge is 2.06. The maximum atomic E-state index is 6.17. The van der Waals surface area contributed by atoms with E-state index in [0.717, 1.165) is 27.0 Å². The largest absolute Gasteiger partial charge is 0.488 e. The first-order valence-electron chi connectivity index (χ1n) is 7.57. The lowest BCUT2D eigenvalue weighted by atomic mass is 10.2. The summed E-state index contributed by atoms with van der Waals surface area (Å²) in [5.74, 6) is 0.739. The van der Waals surface area contributed by atoms with Crippen LogP contribution in [0, 0.1) is 0 Å². The van der Waals surface area contributed by atoms with E-state index in [1.54, 1.807) is 12.1 Å². The van der Waals surface area contributed by atoms with E-state index in [2.05, 4.69) is 20.9 Å². The van der Waals surface area contributed by atoms with E-state index in [1.807, 2.05) is 60.8 Å². The topological polar surface area (TPSA) is 21.6 Å². The smallest absolute Gasteiger partial charge is 0.134 e. The summed E-state index contributed by atoms with van der Waals surface area (Å²) in [7, 11) is 0. The van der Waals surface area contributed by atoms with Crippen LogP contribution in [-0.4, -0.2) is 6.21 Å². The predicted octanol–water partition coefficient (Wildman–Crippen LogP) is 7.09. The molecule has 0 spiro atoms. The van der Waals surface area contributed by atoms with E-state index in [1.165, 1.54) is 0 Å². The van der Waals surface area contributed by atoms with Gasteiger partial charge in [0, 0.05) is 21.8 Å². The summed E-state index contributed by atoms with van der Waals surface area (Å²) >= 11 is 15.6. The summed E-state index contributed by atoms with van der Waals surface area (Å²) < 4.78 is 6.70. The van der Waals surface area contributed by atoms with Gasteiger partial charge in [-0.05, 0) is 64.0 Å². The lowest BCUT2D eigenvalue weighted by Crippen LogP contribution is -1.97. The Kier molecular flexibility index (Phi) is 6.14. The minimum Gasteiger partial charge on any atom is -0.488 e. The normalized spacial score (nSPS) is 11.0. The van der Waals surface area contributed by atoms with Gasteiger partial charge >= 0.3 is 0 Å². The molecule has 0 saturated heterocycles. The number of ether oxygens (including phenoxy) is 1. The lowest BCUT2D eigenvalue weighted by Gasteiger charge is -2.10. The molecule has 3 aromatic rings. The highest BCUT2D eigenvalue weighted by molar-refractivity contribution is 9.10. The SMILES string of the molecule is Clc1ccc(COc2ccc(C=Nc3ccccc3)cc2Br)c(Cl)c1. The van der Waals surface area contributed by atoms with Crippen LogP contribution in [0.2, 0.25) is 10.0 Å². The van der Waals surface area contributed by atoms with Gasteiger partial charge in [0.05, 0.1) is 10.2 Å². The summed E-state index contributed by atoms with van der Waals surface area (Å²) in [6.45, 7) is 0.367. The Bertz CT molecular complexity index is 897. The molecule has 3 rings (SSSR count). The van der Waals surface area contributed by atoms with Gasteiger partial charge < -0.3 is 4.74 Å². The fraction of sp³-hybridized carbons (Fsp3) is 0.0500. The average molecular weight is 435 g/mol. The number of hydrogen-bond acceptors (Lipinski definition) is 2. The van der Waals surface area contributed by atoms with Crippen LogP contribution >= 0.6 is 39.1 Å². The quantitative estimate of drug-likeness (QED) is 0.393. The first kappa shape index (κ1) is 18.0. The standard InChI is InChI=1S/C20H14BrCl2NO/c21-18-10-14(12-24-17-4-2-1-3-5-17)6-9-20(18)25-13-15-7-8-16(22)11-19(15)23/h1-12H,13H2. The minimum absolute atomic E-state index is 0.367. The molecule has 126 valence electrons. The summed E-state index contributed by atoms with van der Waals surface area (Å²) in [6, 6.07) is 21.0. The zero-order valence-electron chi connectivity index (χ0n) is 13.1. The Labute approximate surface area is 165 Å². The molecule has 0 atom stereocenters. The second-order valence-electron chi connectivity index (χ2n) is 5.31. The van der Waals surface area contributed by atoms with Crippen LogP contribution in [0.1, 0.15) is 11.1 Å². The van der Waals surface area contributed by atoms with Crippen molar-refractivity contribution in [3.05, 3.63) is 92.4 Å². The molecular formula is C20H14BrCl2NO. The molecule has 5 heteroatoms. The monoisotopic (exact) mass is 433 g/mol. The van der Waals surface area contributed by atoms with Gasteiger partial charge in [0.25, 0.3) is 0 Å². The van der Waals surface area contributed by atoms with Crippen molar-refractivity contribution >= 4 is 51.0 Å². The second kappa shape index (κ2) is 8.52. The van der Waals surface area contributed by atoms with E-state index in [0.29, 0.717) is 16.7 Å². The first-order chi connectivity index (χ1) is 12.1. The molecule has 2 nitrogen and oxygen atoms in total. The van der Waals surface area contributed by atoms with Crippen molar-refractivity contribution in [2.24, 2.45) is 4.99 Å². The number of aliphatic imine (C=N–C) groups is 1. The number of para-hydroxylation sites is 1. The maximum Gasteiger partial charge on any atom is 0.134 e.